The van der Waals surface area contributed by atoms with Gasteiger partial charge in [-0.3, -0.25) is 0 Å². The first-order chi connectivity index (χ1) is 7.63. The fourth-order valence-corrected chi connectivity index (χ4v) is 1.97. The summed E-state index contributed by atoms with van der Waals surface area (Å²) in [5.74, 6) is 0. The summed E-state index contributed by atoms with van der Waals surface area (Å²) in [6, 6.07) is 1.71. The molecule has 0 aliphatic heterocycles. The van der Waals surface area contributed by atoms with E-state index in [9.17, 15) is 0 Å². The molecule has 0 aliphatic rings. The molecule has 2 aromatic rings. The molecule has 0 bridgehead atoms. The summed E-state index contributed by atoms with van der Waals surface area (Å²) in [6.07, 6.45) is 4.16. The molecular formula is C11H11Cl2N3. The van der Waals surface area contributed by atoms with Gasteiger partial charge in [-0.1, -0.05) is 30.1 Å². The van der Waals surface area contributed by atoms with Gasteiger partial charge in [-0.2, -0.15) is 0 Å². The van der Waals surface area contributed by atoms with Crippen molar-refractivity contribution in [3.8, 4) is 0 Å². The van der Waals surface area contributed by atoms with E-state index in [4.69, 9.17) is 28.9 Å². The van der Waals surface area contributed by atoms with Crippen molar-refractivity contribution in [1.82, 2.24) is 9.97 Å². The number of nitrogens with zero attached hydrogens (tertiary/aromatic N) is 2. The van der Waals surface area contributed by atoms with Gasteiger partial charge in [0.05, 0.1) is 0 Å². The highest BCUT2D eigenvalue weighted by molar-refractivity contribution is 6.35. The molecule has 2 N–H and O–H groups in total. The number of fused-ring (bicyclic) bond motifs is 1. The lowest BCUT2D eigenvalue weighted by Crippen LogP contribution is -2.09. The molecule has 1 unspecified atom stereocenters. The Morgan fingerprint density at radius 2 is 2.00 bits per heavy atom. The zero-order valence-corrected chi connectivity index (χ0v) is 10.3. The highest BCUT2D eigenvalue weighted by atomic mass is 35.5. The maximum atomic E-state index is 6.01. The van der Waals surface area contributed by atoms with Crippen molar-refractivity contribution >= 4 is 34.0 Å². The maximum absolute atomic E-state index is 6.01. The van der Waals surface area contributed by atoms with E-state index < -0.39 is 0 Å². The minimum absolute atomic E-state index is 0.0641. The Bertz CT molecular complexity index is 528. The van der Waals surface area contributed by atoms with Crippen molar-refractivity contribution in [3.05, 3.63) is 34.3 Å². The monoisotopic (exact) mass is 255 g/mol. The average Bonchev–Trinajstić information content (AvgIpc) is 2.28. The summed E-state index contributed by atoms with van der Waals surface area (Å²) in [5.41, 5.74) is 6.96. The Morgan fingerprint density at radius 1 is 1.25 bits per heavy atom. The van der Waals surface area contributed by atoms with Gasteiger partial charge >= 0.3 is 0 Å². The molecule has 0 saturated carbocycles. The number of rotatable bonds is 2. The van der Waals surface area contributed by atoms with Crippen molar-refractivity contribution in [2.24, 2.45) is 5.73 Å². The summed E-state index contributed by atoms with van der Waals surface area (Å²) >= 11 is 11.9. The Kier molecular flexibility index (Phi) is 3.28. The van der Waals surface area contributed by atoms with E-state index in [1.807, 2.05) is 6.92 Å². The number of pyridine rings is 2. The number of aromatic nitrogens is 2. The topological polar surface area (TPSA) is 51.8 Å². The zero-order valence-electron chi connectivity index (χ0n) is 8.74. The van der Waals surface area contributed by atoms with Crippen LogP contribution in [-0.4, -0.2) is 9.97 Å². The van der Waals surface area contributed by atoms with Crippen molar-refractivity contribution < 1.29 is 0 Å². The first-order valence-corrected chi connectivity index (χ1v) is 5.74. The SMILES string of the molecule is CCC(N)c1cnc(Cl)c2cnc(Cl)cc12. The highest BCUT2D eigenvalue weighted by Crippen LogP contribution is 2.29. The first kappa shape index (κ1) is 11.6. The fraction of sp³-hybridized carbons (Fsp3) is 0.273. The number of halogens is 2. The minimum Gasteiger partial charge on any atom is -0.324 e. The van der Waals surface area contributed by atoms with Crippen LogP contribution >= 0.6 is 23.2 Å². The van der Waals surface area contributed by atoms with Gasteiger partial charge in [-0.15, -0.1) is 0 Å². The number of hydrogen-bond donors (Lipinski definition) is 1. The van der Waals surface area contributed by atoms with E-state index in [1.165, 1.54) is 0 Å². The van der Waals surface area contributed by atoms with Gasteiger partial charge in [0.1, 0.15) is 10.3 Å². The van der Waals surface area contributed by atoms with E-state index in [1.54, 1.807) is 18.5 Å². The standard InChI is InChI=1S/C11H11Cl2N3/c1-2-9(14)7-4-16-11(13)8-5-15-10(12)3-6(7)8/h3-5,9H,2,14H2,1H3. The smallest absolute Gasteiger partial charge is 0.138 e. The number of nitrogens with two attached hydrogens (primary N) is 1. The summed E-state index contributed by atoms with van der Waals surface area (Å²) in [7, 11) is 0. The normalized spacial score (nSPS) is 13.0. The van der Waals surface area contributed by atoms with Gasteiger partial charge in [-0.25, -0.2) is 9.97 Å². The third kappa shape index (κ3) is 1.98. The second kappa shape index (κ2) is 4.53. The molecule has 0 spiro atoms. The predicted molar refractivity (Wildman–Crippen MR) is 66.8 cm³/mol. The molecule has 1 atom stereocenters. The molecule has 0 amide bonds. The molecule has 0 saturated heterocycles. The summed E-state index contributed by atoms with van der Waals surface area (Å²) in [6.45, 7) is 2.02. The van der Waals surface area contributed by atoms with Crippen LogP contribution in [0.4, 0.5) is 0 Å². The zero-order chi connectivity index (χ0) is 11.7. The molecule has 2 rings (SSSR count). The molecule has 0 fully saturated rings. The van der Waals surface area contributed by atoms with Crippen LogP contribution < -0.4 is 5.73 Å². The van der Waals surface area contributed by atoms with Crippen LogP contribution in [0.1, 0.15) is 24.9 Å². The Hall–Kier alpha value is -0.900. The second-order valence-electron chi connectivity index (χ2n) is 3.57. The van der Waals surface area contributed by atoms with E-state index in [-0.39, 0.29) is 6.04 Å². The largest absolute Gasteiger partial charge is 0.324 e. The van der Waals surface area contributed by atoms with Gasteiger partial charge < -0.3 is 5.73 Å². The second-order valence-corrected chi connectivity index (χ2v) is 4.32. The molecule has 0 radical (unpaired) electrons. The first-order valence-electron chi connectivity index (χ1n) is 4.98. The highest BCUT2D eigenvalue weighted by Gasteiger charge is 2.12. The van der Waals surface area contributed by atoms with E-state index >= 15 is 0 Å². The average molecular weight is 256 g/mol. The molecule has 16 heavy (non-hydrogen) atoms. The van der Waals surface area contributed by atoms with Crippen LogP contribution in [0.3, 0.4) is 0 Å². The van der Waals surface area contributed by atoms with Crippen molar-refractivity contribution in [1.29, 1.82) is 0 Å². The van der Waals surface area contributed by atoms with E-state index in [2.05, 4.69) is 9.97 Å². The van der Waals surface area contributed by atoms with E-state index in [0.29, 0.717) is 10.3 Å². The van der Waals surface area contributed by atoms with Crippen LogP contribution in [0.15, 0.2) is 18.5 Å². The van der Waals surface area contributed by atoms with Crippen molar-refractivity contribution in [2.75, 3.05) is 0 Å². The van der Waals surface area contributed by atoms with Crippen molar-refractivity contribution in [3.63, 3.8) is 0 Å². The molecule has 2 heterocycles. The predicted octanol–water partition coefficient (Wildman–Crippen LogP) is 3.35. The van der Waals surface area contributed by atoms with Gasteiger partial charge in [0, 0.05) is 23.8 Å². The van der Waals surface area contributed by atoms with Crippen LogP contribution in [0.5, 0.6) is 0 Å². The minimum atomic E-state index is -0.0641. The lowest BCUT2D eigenvalue weighted by atomic mass is 10.0. The van der Waals surface area contributed by atoms with Crippen LogP contribution in [0, 0.1) is 0 Å². The lowest BCUT2D eigenvalue weighted by molar-refractivity contribution is 0.701. The molecule has 0 aliphatic carbocycles. The van der Waals surface area contributed by atoms with Gasteiger partial charge in [-0.05, 0) is 23.4 Å². The molecule has 2 aromatic heterocycles. The third-order valence-corrected chi connectivity index (χ3v) is 3.07. The number of hydrogen-bond acceptors (Lipinski definition) is 3. The molecule has 0 aromatic carbocycles. The maximum Gasteiger partial charge on any atom is 0.138 e. The van der Waals surface area contributed by atoms with Crippen LogP contribution in [0.2, 0.25) is 10.3 Å². The van der Waals surface area contributed by atoms with Gasteiger partial charge in [0.2, 0.25) is 0 Å². The fourth-order valence-electron chi connectivity index (χ4n) is 1.61. The van der Waals surface area contributed by atoms with E-state index in [0.717, 1.165) is 22.8 Å². The molecule has 5 heteroatoms. The lowest BCUT2D eigenvalue weighted by Gasteiger charge is -2.12. The molecule has 84 valence electrons. The van der Waals surface area contributed by atoms with Gasteiger partial charge in [0.25, 0.3) is 0 Å². The van der Waals surface area contributed by atoms with Crippen molar-refractivity contribution in [2.45, 2.75) is 19.4 Å². The Balaban J connectivity index is 2.75. The third-order valence-electron chi connectivity index (χ3n) is 2.56. The molecular weight excluding hydrogens is 245 g/mol. The van der Waals surface area contributed by atoms with Crippen LogP contribution in [0.25, 0.3) is 10.8 Å². The summed E-state index contributed by atoms with van der Waals surface area (Å²) in [5, 5.41) is 2.56. The quantitative estimate of drug-likeness (QED) is 0.838. The van der Waals surface area contributed by atoms with Gasteiger partial charge in [0.15, 0.2) is 0 Å². The Morgan fingerprint density at radius 3 is 2.69 bits per heavy atom. The Labute approximate surface area is 104 Å². The summed E-state index contributed by atoms with van der Waals surface area (Å²) in [4.78, 5) is 8.10. The molecule has 3 nitrogen and oxygen atoms in total. The summed E-state index contributed by atoms with van der Waals surface area (Å²) < 4.78 is 0. The van der Waals surface area contributed by atoms with Crippen LogP contribution in [-0.2, 0) is 0 Å².